The minimum Gasteiger partial charge on any atom is -0.465 e. The smallest absolute Gasteiger partial charge is 0.315 e. The Balaban J connectivity index is 1.96. The number of hydrogen-bond acceptors (Lipinski definition) is 6. The molecule has 1 heterocycles. The predicted octanol–water partition coefficient (Wildman–Crippen LogP) is 2.83. The summed E-state index contributed by atoms with van der Waals surface area (Å²) in [6, 6.07) is 9.77. The zero-order valence-electron chi connectivity index (χ0n) is 15.5. The fourth-order valence-corrected chi connectivity index (χ4v) is 3.71. The maximum atomic E-state index is 13.0. The molecule has 0 aromatic heterocycles. The largest absolute Gasteiger partial charge is 0.465 e. The van der Waals surface area contributed by atoms with Crippen LogP contribution in [0.15, 0.2) is 46.6 Å². The average molecular weight is 369 g/mol. The SMILES string of the molecule is CCOC(=O)C1C=NC2=C(C(=O)C[C@H](c3ccccc3)C2)[C@H]1C(=O)OCC. The van der Waals surface area contributed by atoms with Gasteiger partial charge in [0.2, 0.25) is 0 Å². The average Bonchev–Trinajstić information content (AvgIpc) is 2.68. The fourth-order valence-electron chi connectivity index (χ4n) is 3.71. The summed E-state index contributed by atoms with van der Waals surface area (Å²) in [5.41, 5.74) is 1.94. The van der Waals surface area contributed by atoms with E-state index in [1.807, 2.05) is 30.3 Å². The highest BCUT2D eigenvalue weighted by molar-refractivity contribution is 6.08. The first-order chi connectivity index (χ1) is 13.1. The number of carbonyl (C=O) groups excluding carboxylic acids is 3. The molecule has 6 heteroatoms. The Labute approximate surface area is 158 Å². The molecular formula is C21H23NO5. The summed E-state index contributed by atoms with van der Waals surface area (Å²) < 4.78 is 10.2. The van der Waals surface area contributed by atoms with Crippen molar-refractivity contribution >= 4 is 23.9 Å². The Morgan fingerprint density at radius 3 is 2.37 bits per heavy atom. The first-order valence-corrected chi connectivity index (χ1v) is 9.25. The molecule has 0 fully saturated rings. The molecule has 1 unspecified atom stereocenters. The van der Waals surface area contributed by atoms with Gasteiger partial charge in [-0.05, 0) is 31.7 Å². The molecule has 1 aromatic carbocycles. The van der Waals surface area contributed by atoms with Gasteiger partial charge in [0.1, 0.15) is 11.8 Å². The Morgan fingerprint density at radius 1 is 1.04 bits per heavy atom. The van der Waals surface area contributed by atoms with E-state index >= 15 is 0 Å². The van der Waals surface area contributed by atoms with Crippen LogP contribution in [-0.4, -0.2) is 37.2 Å². The quantitative estimate of drug-likeness (QED) is 0.746. The van der Waals surface area contributed by atoms with Gasteiger partial charge in [-0.1, -0.05) is 30.3 Å². The number of nitrogens with zero attached hydrogens (tertiary/aromatic N) is 1. The van der Waals surface area contributed by atoms with Crippen molar-refractivity contribution in [2.45, 2.75) is 32.6 Å². The van der Waals surface area contributed by atoms with Gasteiger partial charge >= 0.3 is 11.9 Å². The Bertz CT molecular complexity index is 796. The van der Waals surface area contributed by atoms with Crippen LogP contribution in [0.5, 0.6) is 0 Å². The second-order valence-corrected chi connectivity index (χ2v) is 6.59. The Hall–Kier alpha value is -2.76. The lowest BCUT2D eigenvalue weighted by molar-refractivity contribution is -0.156. The van der Waals surface area contributed by atoms with Crippen molar-refractivity contribution in [3.63, 3.8) is 0 Å². The molecule has 2 aliphatic rings. The van der Waals surface area contributed by atoms with Gasteiger partial charge in [0.05, 0.1) is 13.2 Å². The number of Topliss-reactive ketones (excluding diaryl/α,β-unsaturated/α-hetero) is 1. The molecule has 0 N–H and O–H groups in total. The molecule has 0 bridgehead atoms. The third-order valence-electron chi connectivity index (χ3n) is 4.91. The van der Waals surface area contributed by atoms with Gasteiger partial charge in [0.25, 0.3) is 0 Å². The van der Waals surface area contributed by atoms with Crippen LogP contribution in [0, 0.1) is 11.8 Å². The summed E-state index contributed by atoms with van der Waals surface area (Å²) in [4.78, 5) is 42.3. The van der Waals surface area contributed by atoms with E-state index in [0.717, 1.165) is 5.56 Å². The van der Waals surface area contributed by atoms with Gasteiger partial charge in [0, 0.05) is 23.9 Å². The molecule has 0 radical (unpaired) electrons. The van der Waals surface area contributed by atoms with Crippen molar-refractivity contribution < 1.29 is 23.9 Å². The zero-order chi connectivity index (χ0) is 19.4. The second kappa shape index (κ2) is 8.29. The Kier molecular flexibility index (Phi) is 5.84. The van der Waals surface area contributed by atoms with E-state index in [9.17, 15) is 14.4 Å². The lowest BCUT2D eigenvalue weighted by Crippen LogP contribution is -2.40. The topological polar surface area (TPSA) is 82.0 Å². The third-order valence-corrected chi connectivity index (χ3v) is 4.91. The van der Waals surface area contributed by atoms with E-state index in [2.05, 4.69) is 4.99 Å². The minimum absolute atomic E-state index is 0.0107. The molecule has 27 heavy (non-hydrogen) atoms. The number of ether oxygens (including phenoxy) is 2. The third kappa shape index (κ3) is 3.84. The van der Waals surface area contributed by atoms with E-state index in [1.54, 1.807) is 13.8 Å². The normalized spacial score (nSPS) is 24.4. The van der Waals surface area contributed by atoms with Crippen LogP contribution in [0.4, 0.5) is 0 Å². The van der Waals surface area contributed by atoms with E-state index in [1.165, 1.54) is 6.21 Å². The van der Waals surface area contributed by atoms with Crippen LogP contribution in [0.2, 0.25) is 0 Å². The van der Waals surface area contributed by atoms with Crippen molar-refractivity contribution in [3.05, 3.63) is 47.2 Å². The van der Waals surface area contributed by atoms with Crippen molar-refractivity contribution in [1.29, 1.82) is 0 Å². The Morgan fingerprint density at radius 2 is 1.70 bits per heavy atom. The minimum atomic E-state index is -0.985. The summed E-state index contributed by atoms with van der Waals surface area (Å²) in [6.07, 6.45) is 2.26. The molecule has 3 rings (SSSR count). The van der Waals surface area contributed by atoms with E-state index < -0.39 is 23.8 Å². The fraction of sp³-hybridized carbons (Fsp3) is 0.429. The standard InChI is InChI=1S/C21H23NO5/c1-3-26-20(24)15-12-22-16-10-14(13-8-6-5-7-9-13)11-17(23)19(16)18(15)21(25)27-4-2/h5-9,12,14-15,18H,3-4,10-11H2,1-2H3/t14-,15?,18+/m1/s1. The molecule has 3 atom stereocenters. The van der Waals surface area contributed by atoms with E-state index in [0.29, 0.717) is 17.7 Å². The molecule has 6 nitrogen and oxygen atoms in total. The molecule has 0 saturated heterocycles. The molecule has 0 amide bonds. The van der Waals surface area contributed by atoms with Crippen LogP contribution in [-0.2, 0) is 23.9 Å². The molecule has 1 aliphatic carbocycles. The van der Waals surface area contributed by atoms with Gasteiger partial charge < -0.3 is 9.47 Å². The number of hydrogen-bond donors (Lipinski definition) is 0. The number of allylic oxidation sites excluding steroid dienone is 1. The van der Waals surface area contributed by atoms with Gasteiger partial charge in [-0.15, -0.1) is 0 Å². The van der Waals surface area contributed by atoms with Crippen LogP contribution >= 0.6 is 0 Å². The van der Waals surface area contributed by atoms with E-state index in [-0.39, 0.29) is 31.3 Å². The maximum Gasteiger partial charge on any atom is 0.315 e. The first kappa shape index (κ1) is 19.0. The number of aliphatic imine (C=N–C) groups is 1. The molecule has 0 saturated carbocycles. The van der Waals surface area contributed by atoms with Crippen molar-refractivity contribution in [2.24, 2.45) is 16.8 Å². The molecular weight excluding hydrogens is 346 g/mol. The monoisotopic (exact) mass is 369 g/mol. The second-order valence-electron chi connectivity index (χ2n) is 6.59. The van der Waals surface area contributed by atoms with Gasteiger partial charge in [-0.3, -0.25) is 19.4 Å². The van der Waals surface area contributed by atoms with Gasteiger partial charge in [0.15, 0.2) is 5.78 Å². The van der Waals surface area contributed by atoms with Crippen molar-refractivity contribution in [2.75, 3.05) is 13.2 Å². The predicted molar refractivity (Wildman–Crippen MR) is 99.2 cm³/mol. The number of rotatable bonds is 5. The number of carbonyl (C=O) groups is 3. The molecule has 1 aromatic rings. The summed E-state index contributed by atoms with van der Waals surface area (Å²) in [5.74, 6) is -3.21. The molecule has 0 spiro atoms. The maximum absolute atomic E-state index is 13.0. The number of esters is 2. The lowest BCUT2D eigenvalue weighted by atomic mass is 9.73. The summed E-state index contributed by atoms with van der Waals surface area (Å²) in [7, 11) is 0. The highest BCUT2D eigenvalue weighted by atomic mass is 16.5. The summed E-state index contributed by atoms with van der Waals surface area (Å²) in [5, 5.41) is 0. The summed E-state index contributed by atoms with van der Waals surface area (Å²) >= 11 is 0. The zero-order valence-corrected chi connectivity index (χ0v) is 15.5. The van der Waals surface area contributed by atoms with Crippen LogP contribution < -0.4 is 0 Å². The highest BCUT2D eigenvalue weighted by Gasteiger charge is 2.46. The van der Waals surface area contributed by atoms with Crippen LogP contribution in [0.3, 0.4) is 0 Å². The molecule has 142 valence electrons. The van der Waals surface area contributed by atoms with Crippen molar-refractivity contribution in [1.82, 2.24) is 0 Å². The van der Waals surface area contributed by atoms with Gasteiger partial charge in [-0.25, -0.2) is 0 Å². The van der Waals surface area contributed by atoms with E-state index in [4.69, 9.17) is 9.47 Å². The lowest BCUT2D eigenvalue weighted by Gasteiger charge is -2.32. The molecule has 1 aliphatic heterocycles. The number of ketones is 1. The number of benzene rings is 1. The van der Waals surface area contributed by atoms with Crippen LogP contribution in [0.1, 0.15) is 38.2 Å². The first-order valence-electron chi connectivity index (χ1n) is 9.25. The van der Waals surface area contributed by atoms with Gasteiger partial charge in [-0.2, -0.15) is 0 Å². The van der Waals surface area contributed by atoms with Crippen LogP contribution in [0.25, 0.3) is 0 Å². The summed E-state index contributed by atoms with van der Waals surface area (Å²) in [6.45, 7) is 3.75. The highest BCUT2D eigenvalue weighted by Crippen LogP contribution is 2.41. The van der Waals surface area contributed by atoms with Crippen molar-refractivity contribution in [3.8, 4) is 0 Å².